The van der Waals surface area contributed by atoms with Crippen molar-refractivity contribution < 1.29 is 0 Å². The van der Waals surface area contributed by atoms with Crippen LogP contribution in [0.2, 0.25) is 39.3 Å². The number of pyridine rings is 1. The topological polar surface area (TPSA) is 12.9 Å². The van der Waals surface area contributed by atoms with Gasteiger partial charge in [-0.1, -0.05) is 39.3 Å². The van der Waals surface area contributed by atoms with E-state index in [4.69, 9.17) is 4.98 Å². The normalized spacial score (nSPS) is 16.6. The third-order valence-electron chi connectivity index (χ3n) is 4.27. The largest absolute Gasteiger partial charge is 0.261 e. The van der Waals surface area contributed by atoms with Crippen LogP contribution in [0, 0.1) is 0 Å². The molecule has 1 aromatic heterocycles. The third-order valence-corrected chi connectivity index (χ3v) is 13.5. The zero-order valence-corrected chi connectivity index (χ0v) is 15.5. The predicted molar refractivity (Wildman–Crippen MR) is 90.3 cm³/mol. The number of aryl methyl sites for hydroxylation is 2. The number of aromatic nitrogens is 1. The molecule has 1 aromatic rings. The number of fused-ring (bicyclic) bond motifs is 1. The van der Waals surface area contributed by atoms with E-state index in [1.807, 2.05) is 0 Å². The van der Waals surface area contributed by atoms with Crippen molar-refractivity contribution in [3.8, 4) is 0 Å². The summed E-state index contributed by atoms with van der Waals surface area (Å²) in [7, 11) is -2.42. The van der Waals surface area contributed by atoms with Crippen LogP contribution in [-0.4, -0.2) is 21.1 Å². The second kappa shape index (κ2) is 5.17. The van der Waals surface area contributed by atoms with Crippen molar-refractivity contribution >= 4 is 16.1 Å². The molecule has 0 aromatic carbocycles. The number of hydrogen-bond donors (Lipinski definition) is 0. The molecule has 2 rings (SSSR count). The van der Waals surface area contributed by atoms with E-state index in [2.05, 4.69) is 51.5 Å². The summed E-state index contributed by atoms with van der Waals surface area (Å²) in [6.45, 7) is 15.1. The third kappa shape index (κ3) is 3.37. The van der Waals surface area contributed by atoms with Crippen LogP contribution in [0.15, 0.2) is 12.3 Å². The molecule has 0 saturated carbocycles. The second-order valence-electron chi connectivity index (χ2n) is 8.25. The second-order valence-corrected chi connectivity index (χ2v) is 19.4. The first-order valence-corrected chi connectivity index (χ1v) is 14.8. The molecule has 0 fully saturated rings. The summed E-state index contributed by atoms with van der Waals surface area (Å²) in [6, 6.07) is 2.47. The molecular formula is C16H29NSi2. The molecule has 1 heterocycles. The number of hydrogen-bond acceptors (Lipinski definition) is 1. The van der Waals surface area contributed by atoms with Crippen LogP contribution in [0.5, 0.6) is 0 Å². The van der Waals surface area contributed by atoms with Crippen molar-refractivity contribution in [1.29, 1.82) is 0 Å². The van der Waals surface area contributed by atoms with Gasteiger partial charge >= 0.3 is 0 Å². The van der Waals surface area contributed by atoms with Gasteiger partial charge in [0, 0.05) is 11.9 Å². The molecule has 3 heteroatoms. The Kier molecular flexibility index (Phi) is 4.08. The summed E-state index contributed by atoms with van der Waals surface area (Å²) in [4.78, 5) is 4.89. The smallest absolute Gasteiger partial charge is 0.0513 e. The quantitative estimate of drug-likeness (QED) is 0.729. The standard InChI is InChI=1S/C16H29NSi2/c1-18(2,3)16(19(4,5)6)15-11-13-9-7-8-10-14(13)12-17-15/h11-12,16H,7-10H2,1-6H3. The lowest BCUT2D eigenvalue weighted by Gasteiger charge is -2.38. The Morgan fingerprint density at radius 1 is 0.895 bits per heavy atom. The van der Waals surface area contributed by atoms with Crippen molar-refractivity contribution in [2.45, 2.75) is 70.1 Å². The molecule has 0 aliphatic heterocycles. The molecule has 0 bridgehead atoms. The Morgan fingerprint density at radius 2 is 1.42 bits per heavy atom. The molecule has 0 amide bonds. The lowest BCUT2D eigenvalue weighted by molar-refractivity contribution is 0.680. The molecule has 0 atom stereocenters. The lowest BCUT2D eigenvalue weighted by Crippen LogP contribution is -2.47. The summed E-state index contributed by atoms with van der Waals surface area (Å²) in [5, 5.41) is 0.771. The SMILES string of the molecule is C[Si](C)(C)C(c1cc2c(cn1)CCCC2)[Si](C)(C)C. The molecule has 106 valence electrons. The average Bonchev–Trinajstić information content (AvgIpc) is 2.25. The summed E-state index contributed by atoms with van der Waals surface area (Å²) in [6.07, 6.45) is 7.42. The van der Waals surface area contributed by atoms with Crippen LogP contribution in [0.4, 0.5) is 0 Å². The van der Waals surface area contributed by atoms with E-state index in [0.717, 1.165) is 5.16 Å². The van der Waals surface area contributed by atoms with Crippen molar-refractivity contribution in [3.05, 3.63) is 29.1 Å². The van der Waals surface area contributed by atoms with Crippen LogP contribution in [-0.2, 0) is 12.8 Å². The van der Waals surface area contributed by atoms with Gasteiger partial charge in [-0.05, 0) is 48.0 Å². The molecule has 1 aliphatic rings. The highest BCUT2D eigenvalue weighted by atomic mass is 28.4. The molecular weight excluding hydrogens is 262 g/mol. The minimum atomic E-state index is -1.21. The van der Waals surface area contributed by atoms with Gasteiger partial charge in [0.2, 0.25) is 0 Å². The van der Waals surface area contributed by atoms with Crippen molar-refractivity contribution in [2.75, 3.05) is 0 Å². The van der Waals surface area contributed by atoms with Gasteiger partial charge in [0.1, 0.15) is 0 Å². The fourth-order valence-corrected chi connectivity index (χ4v) is 16.5. The Morgan fingerprint density at radius 3 is 1.95 bits per heavy atom. The van der Waals surface area contributed by atoms with Crippen LogP contribution < -0.4 is 0 Å². The number of nitrogens with zero attached hydrogens (tertiary/aromatic N) is 1. The van der Waals surface area contributed by atoms with Gasteiger partial charge < -0.3 is 0 Å². The fraction of sp³-hybridized carbons (Fsp3) is 0.688. The van der Waals surface area contributed by atoms with Gasteiger partial charge in [-0.3, -0.25) is 4.98 Å². The molecule has 0 radical (unpaired) electrons. The van der Waals surface area contributed by atoms with Crippen LogP contribution in [0.25, 0.3) is 0 Å². The molecule has 0 N–H and O–H groups in total. The maximum Gasteiger partial charge on any atom is 0.0513 e. The molecule has 0 saturated heterocycles. The van der Waals surface area contributed by atoms with Crippen molar-refractivity contribution in [1.82, 2.24) is 4.98 Å². The Labute approximate surface area is 120 Å². The highest BCUT2D eigenvalue weighted by Crippen LogP contribution is 2.36. The van der Waals surface area contributed by atoms with Gasteiger partial charge in [-0.15, -0.1) is 0 Å². The average molecular weight is 292 g/mol. The fourth-order valence-electron chi connectivity index (χ4n) is 3.98. The molecule has 0 spiro atoms. The van der Waals surface area contributed by atoms with E-state index in [1.165, 1.54) is 36.9 Å². The van der Waals surface area contributed by atoms with Gasteiger partial charge in [0.05, 0.1) is 16.1 Å². The summed E-state index contributed by atoms with van der Waals surface area (Å²) in [5.41, 5.74) is 4.52. The van der Waals surface area contributed by atoms with Gasteiger partial charge in [-0.25, -0.2) is 0 Å². The minimum absolute atomic E-state index is 0.771. The van der Waals surface area contributed by atoms with Crippen LogP contribution in [0.3, 0.4) is 0 Å². The Balaban J connectivity index is 2.43. The first-order chi connectivity index (χ1) is 8.69. The monoisotopic (exact) mass is 291 g/mol. The van der Waals surface area contributed by atoms with Gasteiger partial charge in [0.15, 0.2) is 0 Å². The maximum absolute atomic E-state index is 4.89. The molecule has 1 aliphatic carbocycles. The van der Waals surface area contributed by atoms with E-state index in [1.54, 1.807) is 5.56 Å². The predicted octanol–water partition coefficient (Wildman–Crippen LogP) is 4.80. The van der Waals surface area contributed by atoms with E-state index in [0.29, 0.717) is 0 Å². The summed E-state index contributed by atoms with van der Waals surface area (Å²) in [5.74, 6) is 0. The first kappa shape index (κ1) is 15.0. The van der Waals surface area contributed by atoms with E-state index in [9.17, 15) is 0 Å². The van der Waals surface area contributed by atoms with Gasteiger partial charge in [-0.2, -0.15) is 0 Å². The summed E-state index contributed by atoms with van der Waals surface area (Å²) < 4.78 is 0. The van der Waals surface area contributed by atoms with E-state index in [-0.39, 0.29) is 0 Å². The zero-order valence-electron chi connectivity index (χ0n) is 13.5. The lowest BCUT2D eigenvalue weighted by atomic mass is 9.93. The van der Waals surface area contributed by atoms with Gasteiger partial charge in [0.25, 0.3) is 0 Å². The molecule has 0 unspecified atom stereocenters. The van der Waals surface area contributed by atoms with E-state index >= 15 is 0 Å². The Hall–Kier alpha value is -0.416. The van der Waals surface area contributed by atoms with Crippen LogP contribution >= 0.6 is 0 Å². The Bertz CT molecular complexity index is 441. The first-order valence-electron chi connectivity index (χ1n) is 7.67. The highest BCUT2D eigenvalue weighted by Gasteiger charge is 2.39. The minimum Gasteiger partial charge on any atom is -0.261 e. The maximum atomic E-state index is 4.89. The highest BCUT2D eigenvalue weighted by molar-refractivity contribution is 6.96. The molecule has 19 heavy (non-hydrogen) atoms. The summed E-state index contributed by atoms with van der Waals surface area (Å²) >= 11 is 0. The van der Waals surface area contributed by atoms with Crippen molar-refractivity contribution in [2.24, 2.45) is 0 Å². The molecule has 1 nitrogen and oxygen atoms in total. The van der Waals surface area contributed by atoms with E-state index < -0.39 is 16.1 Å². The van der Waals surface area contributed by atoms with Crippen LogP contribution in [0.1, 0.15) is 34.8 Å². The number of rotatable bonds is 3. The zero-order chi connectivity index (χ0) is 14.3. The van der Waals surface area contributed by atoms with Crippen molar-refractivity contribution in [3.63, 3.8) is 0 Å².